The van der Waals surface area contributed by atoms with Crippen LogP contribution in [0.2, 0.25) is 0 Å². The maximum Gasteiger partial charge on any atom is 0.407 e. The largest absolute Gasteiger partial charge is 0.494 e. The van der Waals surface area contributed by atoms with Crippen molar-refractivity contribution in [2.75, 3.05) is 25.1 Å². The lowest BCUT2D eigenvalue weighted by Crippen LogP contribution is -2.46. The number of alkyl carbamates (subject to hydrolysis) is 1. The third kappa shape index (κ3) is 6.11. The highest BCUT2D eigenvalue weighted by molar-refractivity contribution is 5.93. The summed E-state index contributed by atoms with van der Waals surface area (Å²) < 4.78 is 39.7. The minimum atomic E-state index is -0.579. The molecule has 1 aliphatic heterocycles. The number of carbonyl (C=O) groups is 1. The van der Waals surface area contributed by atoms with Gasteiger partial charge in [0.15, 0.2) is 0 Å². The van der Waals surface area contributed by atoms with E-state index in [1.165, 1.54) is 31.4 Å². The van der Waals surface area contributed by atoms with Gasteiger partial charge in [0.25, 0.3) is 0 Å². The zero-order valence-electron chi connectivity index (χ0n) is 24.2. The van der Waals surface area contributed by atoms with E-state index in [1.807, 2.05) is 40.7 Å². The van der Waals surface area contributed by atoms with Crippen molar-refractivity contribution < 1.29 is 23.0 Å². The number of ether oxygens (including phenoxy) is 2. The molecular weight excluding hydrogens is 528 g/mol. The maximum atomic E-state index is 14.6. The number of aromatic nitrogens is 3. The number of H-pyrrole nitrogens is 1. The Bertz CT molecular complexity index is 1580. The number of imidazole rings is 1. The van der Waals surface area contributed by atoms with Crippen molar-refractivity contribution in [3.05, 3.63) is 59.4 Å². The zero-order chi connectivity index (χ0) is 29.5. The molecule has 1 fully saturated rings. The van der Waals surface area contributed by atoms with Gasteiger partial charge in [0.2, 0.25) is 0 Å². The summed E-state index contributed by atoms with van der Waals surface area (Å²) in [6.45, 7) is 10.5. The third-order valence-electron chi connectivity index (χ3n) is 7.10. The highest BCUT2D eigenvalue weighted by atomic mass is 19.1. The highest BCUT2D eigenvalue weighted by Gasteiger charge is 2.29. The summed E-state index contributed by atoms with van der Waals surface area (Å²) in [6.07, 6.45) is 2.69. The number of nitrogens with zero attached hydrogens (tertiary/aromatic N) is 3. The Kier molecular flexibility index (Phi) is 7.59. The fraction of sp³-hybridized carbons (Fsp3) is 0.387. The molecule has 0 saturated carbocycles. The van der Waals surface area contributed by atoms with Crippen LogP contribution in [0.5, 0.6) is 5.75 Å². The van der Waals surface area contributed by atoms with Crippen molar-refractivity contribution in [2.45, 2.75) is 59.1 Å². The molecule has 0 aliphatic carbocycles. The summed E-state index contributed by atoms with van der Waals surface area (Å²) in [5.74, 6) is 0.0630. The summed E-state index contributed by atoms with van der Waals surface area (Å²) in [5, 5.41) is 2.98. The van der Waals surface area contributed by atoms with Gasteiger partial charge in [0.1, 0.15) is 34.3 Å². The van der Waals surface area contributed by atoms with Gasteiger partial charge in [-0.1, -0.05) is 6.07 Å². The van der Waals surface area contributed by atoms with Crippen LogP contribution in [0.3, 0.4) is 0 Å². The number of carbonyl (C=O) groups excluding carboxylic acids is 1. The molecule has 10 heteroatoms. The number of rotatable bonds is 5. The zero-order valence-corrected chi connectivity index (χ0v) is 24.2. The number of hydrogen-bond donors (Lipinski definition) is 2. The van der Waals surface area contributed by atoms with Crippen molar-refractivity contribution in [1.82, 2.24) is 20.3 Å². The number of aryl methyl sites for hydroxylation is 2. The van der Waals surface area contributed by atoms with E-state index in [0.29, 0.717) is 59.8 Å². The number of hydrogen-bond acceptors (Lipinski definition) is 6. The van der Waals surface area contributed by atoms with Crippen molar-refractivity contribution >= 4 is 22.8 Å². The molecule has 0 bridgehead atoms. The van der Waals surface area contributed by atoms with Gasteiger partial charge < -0.3 is 24.7 Å². The average Bonchev–Trinajstić information content (AvgIpc) is 3.30. The van der Waals surface area contributed by atoms with Crippen LogP contribution in [0.1, 0.15) is 44.9 Å². The van der Waals surface area contributed by atoms with E-state index in [2.05, 4.69) is 20.2 Å². The Labute approximate surface area is 238 Å². The summed E-state index contributed by atoms with van der Waals surface area (Å²) in [6, 6.07) is 7.53. The number of piperidine rings is 1. The number of fused-ring (bicyclic) bond motifs is 1. The van der Waals surface area contributed by atoms with Gasteiger partial charge in [-0.05, 0) is 70.7 Å². The first kappa shape index (κ1) is 28.3. The Balaban J connectivity index is 1.58. The lowest BCUT2D eigenvalue weighted by atomic mass is 9.96. The number of amides is 1. The van der Waals surface area contributed by atoms with Gasteiger partial charge in [0.05, 0.1) is 29.6 Å². The molecule has 8 nitrogen and oxygen atoms in total. The molecule has 0 unspecified atom stereocenters. The van der Waals surface area contributed by atoms with Crippen LogP contribution in [0.4, 0.5) is 19.3 Å². The topological polar surface area (TPSA) is 92.4 Å². The van der Waals surface area contributed by atoms with Crippen LogP contribution in [0.15, 0.2) is 36.5 Å². The average molecular weight is 564 g/mol. The Morgan fingerprint density at radius 2 is 1.78 bits per heavy atom. The van der Waals surface area contributed by atoms with E-state index in [-0.39, 0.29) is 11.9 Å². The quantitative estimate of drug-likeness (QED) is 0.281. The summed E-state index contributed by atoms with van der Waals surface area (Å²) in [5.41, 5.74) is 4.95. The molecule has 216 valence electrons. The molecule has 3 heterocycles. The van der Waals surface area contributed by atoms with Crippen LogP contribution in [0, 0.1) is 25.5 Å². The normalized spacial score (nSPS) is 14.4. The molecule has 2 aromatic heterocycles. The fourth-order valence-corrected chi connectivity index (χ4v) is 5.36. The maximum absolute atomic E-state index is 14.6. The van der Waals surface area contributed by atoms with Gasteiger partial charge in [-0.2, -0.15) is 0 Å². The first-order valence-electron chi connectivity index (χ1n) is 13.7. The molecule has 1 saturated heterocycles. The monoisotopic (exact) mass is 563 g/mol. The van der Waals surface area contributed by atoms with E-state index in [1.54, 1.807) is 6.20 Å². The van der Waals surface area contributed by atoms with Gasteiger partial charge in [-0.3, -0.25) is 4.98 Å². The van der Waals surface area contributed by atoms with Crippen molar-refractivity contribution in [3.8, 4) is 28.3 Å². The molecule has 41 heavy (non-hydrogen) atoms. The van der Waals surface area contributed by atoms with E-state index in [4.69, 9.17) is 14.5 Å². The predicted octanol–water partition coefficient (Wildman–Crippen LogP) is 6.69. The SMILES string of the molecule is COc1cc(F)cc2nc(-c3c(C)ncc(-c4cc(C)cc(F)c4)c3N3CCC(NC(=O)OC(C)(C)C)CC3)[nH]c12. The number of nitrogens with one attached hydrogen (secondary N) is 2. The molecular formula is C31H35F2N5O3. The second-order valence-electron chi connectivity index (χ2n) is 11.5. The Morgan fingerprint density at radius 1 is 1.07 bits per heavy atom. The van der Waals surface area contributed by atoms with E-state index < -0.39 is 17.5 Å². The van der Waals surface area contributed by atoms with Crippen LogP contribution in [-0.2, 0) is 4.74 Å². The van der Waals surface area contributed by atoms with E-state index in [9.17, 15) is 13.6 Å². The molecule has 0 radical (unpaired) electrons. The summed E-state index contributed by atoms with van der Waals surface area (Å²) in [4.78, 5) is 27.3. The van der Waals surface area contributed by atoms with Gasteiger partial charge in [-0.15, -0.1) is 0 Å². The molecule has 5 rings (SSSR count). The third-order valence-corrected chi connectivity index (χ3v) is 7.10. The standard InChI is InChI=1S/C31H35F2N5O3/c1-17-11-19(13-20(32)12-17)23-16-34-18(2)26(29-36-24-14-21(33)15-25(40-6)27(24)37-29)28(23)38-9-7-22(8-10-38)35-30(39)41-31(3,4)5/h11-16,22H,7-10H2,1-6H3,(H,35,39)(H,36,37). The number of methoxy groups -OCH3 is 1. The first-order valence-corrected chi connectivity index (χ1v) is 13.7. The summed E-state index contributed by atoms with van der Waals surface area (Å²) in [7, 11) is 1.48. The van der Waals surface area contributed by atoms with E-state index in [0.717, 1.165) is 22.4 Å². The van der Waals surface area contributed by atoms with Crippen LogP contribution < -0.4 is 15.0 Å². The minimum Gasteiger partial charge on any atom is -0.494 e. The fourth-order valence-electron chi connectivity index (χ4n) is 5.36. The number of pyridine rings is 1. The molecule has 1 aliphatic rings. The summed E-state index contributed by atoms with van der Waals surface area (Å²) >= 11 is 0. The van der Waals surface area contributed by atoms with Crippen LogP contribution in [0.25, 0.3) is 33.5 Å². The number of anilines is 1. The van der Waals surface area contributed by atoms with Gasteiger partial charge in [-0.25, -0.2) is 18.6 Å². The molecule has 0 atom stereocenters. The lowest BCUT2D eigenvalue weighted by molar-refractivity contribution is 0.0497. The van der Waals surface area contributed by atoms with E-state index >= 15 is 0 Å². The van der Waals surface area contributed by atoms with Gasteiger partial charge >= 0.3 is 6.09 Å². The second kappa shape index (κ2) is 11.0. The highest BCUT2D eigenvalue weighted by Crippen LogP contribution is 2.42. The number of benzene rings is 2. The molecule has 2 N–H and O–H groups in total. The minimum absolute atomic E-state index is 0.0502. The van der Waals surface area contributed by atoms with Crippen LogP contribution >= 0.6 is 0 Å². The first-order chi connectivity index (χ1) is 19.4. The smallest absolute Gasteiger partial charge is 0.407 e. The number of aromatic amines is 1. The van der Waals surface area contributed by atoms with Gasteiger partial charge in [0, 0.05) is 43.0 Å². The van der Waals surface area contributed by atoms with Crippen molar-refractivity contribution in [3.63, 3.8) is 0 Å². The van der Waals surface area contributed by atoms with Crippen molar-refractivity contribution in [2.24, 2.45) is 0 Å². The second-order valence-corrected chi connectivity index (χ2v) is 11.5. The Morgan fingerprint density at radius 3 is 2.44 bits per heavy atom. The molecule has 2 aromatic carbocycles. The lowest BCUT2D eigenvalue weighted by Gasteiger charge is -2.36. The van der Waals surface area contributed by atoms with Crippen LogP contribution in [-0.4, -0.2) is 52.9 Å². The predicted molar refractivity (Wildman–Crippen MR) is 155 cm³/mol. The Hall–Kier alpha value is -4.21. The molecule has 0 spiro atoms. The molecule has 1 amide bonds. The molecule has 4 aromatic rings. The number of halogens is 2. The van der Waals surface area contributed by atoms with Crippen molar-refractivity contribution in [1.29, 1.82) is 0 Å².